The third-order valence-electron chi connectivity index (χ3n) is 3.22. The molecule has 0 saturated carbocycles. The van der Waals surface area contributed by atoms with Gasteiger partial charge in [-0.3, -0.25) is 4.79 Å². The second-order valence-electron chi connectivity index (χ2n) is 4.47. The number of nitrogens with one attached hydrogen (secondary N) is 2. The lowest BCUT2D eigenvalue weighted by Crippen LogP contribution is -2.32. The number of benzene rings is 2. The second-order valence-corrected chi connectivity index (χ2v) is 4.47. The van der Waals surface area contributed by atoms with Gasteiger partial charge in [0.05, 0.1) is 11.4 Å². The molecule has 18 heavy (non-hydrogen) atoms. The van der Waals surface area contributed by atoms with E-state index in [0.29, 0.717) is 0 Å². The van der Waals surface area contributed by atoms with Crippen LogP contribution in [-0.4, -0.2) is 5.91 Å². The number of amides is 1. The Morgan fingerprint density at radius 2 is 1.78 bits per heavy atom. The number of anilines is 2. The van der Waals surface area contributed by atoms with Crippen molar-refractivity contribution in [1.29, 1.82) is 0 Å². The summed E-state index contributed by atoms with van der Waals surface area (Å²) in [5.41, 5.74) is 3.90. The first-order chi connectivity index (χ1) is 8.75. The molecule has 0 bridgehead atoms. The molecule has 1 atom stereocenters. The molecule has 0 radical (unpaired) electrons. The largest absolute Gasteiger partial charge is 0.368 e. The fourth-order valence-corrected chi connectivity index (χ4v) is 2.25. The van der Waals surface area contributed by atoms with Crippen LogP contribution in [0.25, 0.3) is 0 Å². The second kappa shape index (κ2) is 4.18. The van der Waals surface area contributed by atoms with Gasteiger partial charge < -0.3 is 10.6 Å². The van der Waals surface area contributed by atoms with Gasteiger partial charge in [-0.15, -0.1) is 0 Å². The van der Waals surface area contributed by atoms with Crippen LogP contribution in [0.4, 0.5) is 11.4 Å². The van der Waals surface area contributed by atoms with Crippen LogP contribution in [0.15, 0.2) is 48.5 Å². The zero-order chi connectivity index (χ0) is 12.5. The van der Waals surface area contributed by atoms with Crippen LogP contribution in [0.5, 0.6) is 0 Å². The topological polar surface area (TPSA) is 41.1 Å². The van der Waals surface area contributed by atoms with Crippen LogP contribution in [0.1, 0.15) is 17.2 Å². The molecule has 0 saturated heterocycles. The van der Waals surface area contributed by atoms with Gasteiger partial charge >= 0.3 is 0 Å². The fraction of sp³-hybridized carbons (Fsp3) is 0.133. The SMILES string of the molecule is Cc1cccc2c1NC(=O)[C@H](c1ccccc1)N2. The van der Waals surface area contributed by atoms with Gasteiger partial charge in [0, 0.05) is 0 Å². The predicted octanol–water partition coefficient (Wildman–Crippen LogP) is 3.10. The minimum Gasteiger partial charge on any atom is -0.368 e. The summed E-state index contributed by atoms with van der Waals surface area (Å²) in [6, 6.07) is 15.4. The van der Waals surface area contributed by atoms with Crippen LogP contribution in [0.3, 0.4) is 0 Å². The number of carbonyl (C=O) groups excluding carboxylic acids is 1. The summed E-state index contributed by atoms with van der Waals surface area (Å²) in [7, 11) is 0. The Morgan fingerprint density at radius 3 is 2.56 bits per heavy atom. The van der Waals surface area contributed by atoms with E-state index in [1.807, 2.05) is 55.5 Å². The molecule has 0 spiro atoms. The molecule has 0 unspecified atom stereocenters. The molecule has 2 N–H and O–H groups in total. The number of fused-ring (bicyclic) bond motifs is 1. The molecule has 0 aliphatic carbocycles. The van der Waals surface area contributed by atoms with Crippen molar-refractivity contribution >= 4 is 17.3 Å². The first kappa shape index (κ1) is 10.8. The summed E-state index contributed by atoms with van der Waals surface area (Å²) in [4.78, 5) is 12.1. The highest BCUT2D eigenvalue weighted by Gasteiger charge is 2.27. The van der Waals surface area contributed by atoms with Gasteiger partial charge in [-0.25, -0.2) is 0 Å². The standard InChI is InChI=1S/C15H14N2O/c1-10-6-5-9-12-13(10)17-15(18)14(16-12)11-7-3-2-4-8-11/h2-9,14,16H,1H3,(H,17,18)/t14-/m0/s1. The zero-order valence-electron chi connectivity index (χ0n) is 10.1. The smallest absolute Gasteiger partial charge is 0.251 e. The minimum absolute atomic E-state index is 0.0111. The zero-order valence-corrected chi connectivity index (χ0v) is 10.1. The van der Waals surface area contributed by atoms with Crippen molar-refractivity contribution in [3.8, 4) is 0 Å². The normalized spacial score (nSPS) is 17.6. The Morgan fingerprint density at radius 1 is 1.00 bits per heavy atom. The van der Waals surface area contributed by atoms with Crippen molar-refractivity contribution in [1.82, 2.24) is 0 Å². The molecule has 1 amide bonds. The van der Waals surface area contributed by atoms with Gasteiger partial charge in [-0.05, 0) is 24.1 Å². The Bertz CT molecular complexity index is 593. The van der Waals surface area contributed by atoms with Gasteiger partial charge in [-0.2, -0.15) is 0 Å². The summed E-state index contributed by atoms with van der Waals surface area (Å²) in [6.45, 7) is 1.99. The summed E-state index contributed by atoms with van der Waals surface area (Å²) in [6.07, 6.45) is 0. The summed E-state index contributed by atoms with van der Waals surface area (Å²) >= 11 is 0. The first-order valence-electron chi connectivity index (χ1n) is 5.97. The van der Waals surface area contributed by atoms with E-state index in [9.17, 15) is 4.79 Å². The molecular weight excluding hydrogens is 224 g/mol. The van der Waals surface area contributed by atoms with E-state index >= 15 is 0 Å². The van der Waals surface area contributed by atoms with E-state index in [1.165, 1.54) is 0 Å². The lowest BCUT2D eigenvalue weighted by atomic mass is 10.0. The van der Waals surface area contributed by atoms with Crippen LogP contribution in [-0.2, 0) is 4.79 Å². The van der Waals surface area contributed by atoms with Gasteiger partial charge in [0.15, 0.2) is 0 Å². The number of aryl methyl sites for hydroxylation is 1. The molecule has 1 heterocycles. The van der Waals surface area contributed by atoms with E-state index in [1.54, 1.807) is 0 Å². The van der Waals surface area contributed by atoms with Crippen molar-refractivity contribution in [3.63, 3.8) is 0 Å². The van der Waals surface area contributed by atoms with Gasteiger partial charge in [0.2, 0.25) is 0 Å². The molecule has 2 aromatic carbocycles. The van der Waals surface area contributed by atoms with Crippen LogP contribution in [0, 0.1) is 6.92 Å². The Hall–Kier alpha value is -2.29. The van der Waals surface area contributed by atoms with E-state index in [0.717, 1.165) is 22.5 Å². The third kappa shape index (κ3) is 1.74. The molecule has 90 valence electrons. The molecule has 0 aromatic heterocycles. The van der Waals surface area contributed by atoms with Crippen molar-refractivity contribution in [2.24, 2.45) is 0 Å². The van der Waals surface area contributed by atoms with E-state index in [-0.39, 0.29) is 11.9 Å². The molecular formula is C15H14N2O. The summed E-state index contributed by atoms with van der Waals surface area (Å²) in [5, 5.41) is 6.27. The number of hydrogen-bond donors (Lipinski definition) is 2. The minimum atomic E-state index is -0.319. The van der Waals surface area contributed by atoms with E-state index < -0.39 is 0 Å². The van der Waals surface area contributed by atoms with Crippen molar-refractivity contribution in [2.45, 2.75) is 13.0 Å². The number of carbonyl (C=O) groups is 1. The molecule has 3 rings (SSSR count). The average Bonchev–Trinajstić information content (AvgIpc) is 2.40. The Kier molecular flexibility index (Phi) is 2.52. The molecule has 0 fully saturated rings. The number of hydrogen-bond acceptors (Lipinski definition) is 2. The third-order valence-corrected chi connectivity index (χ3v) is 3.22. The molecule has 2 aromatic rings. The fourth-order valence-electron chi connectivity index (χ4n) is 2.25. The van der Waals surface area contributed by atoms with Gasteiger partial charge in [0.1, 0.15) is 6.04 Å². The Balaban J connectivity index is 2.00. The highest BCUT2D eigenvalue weighted by molar-refractivity contribution is 6.04. The van der Waals surface area contributed by atoms with Crippen molar-refractivity contribution in [3.05, 3.63) is 59.7 Å². The Labute approximate surface area is 106 Å². The highest BCUT2D eigenvalue weighted by atomic mass is 16.2. The number of rotatable bonds is 1. The monoisotopic (exact) mass is 238 g/mol. The molecule has 3 heteroatoms. The molecule has 3 nitrogen and oxygen atoms in total. The number of para-hydroxylation sites is 1. The molecule has 1 aliphatic rings. The summed E-state index contributed by atoms with van der Waals surface area (Å²) in [5.74, 6) is -0.0111. The van der Waals surface area contributed by atoms with Crippen molar-refractivity contribution in [2.75, 3.05) is 10.6 Å². The van der Waals surface area contributed by atoms with Crippen LogP contribution in [0.2, 0.25) is 0 Å². The van der Waals surface area contributed by atoms with Gasteiger partial charge in [0.25, 0.3) is 5.91 Å². The van der Waals surface area contributed by atoms with E-state index in [2.05, 4.69) is 10.6 Å². The van der Waals surface area contributed by atoms with Gasteiger partial charge in [-0.1, -0.05) is 42.5 Å². The summed E-state index contributed by atoms with van der Waals surface area (Å²) < 4.78 is 0. The van der Waals surface area contributed by atoms with Crippen LogP contribution < -0.4 is 10.6 Å². The lowest BCUT2D eigenvalue weighted by molar-refractivity contribution is -0.117. The first-order valence-corrected chi connectivity index (χ1v) is 5.97. The maximum absolute atomic E-state index is 12.1. The quantitative estimate of drug-likeness (QED) is 0.801. The average molecular weight is 238 g/mol. The molecule has 1 aliphatic heterocycles. The lowest BCUT2D eigenvalue weighted by Gasteiger charge is -2.28. The van der Waals surface area contributed by atoms with Crippen molar-refractivity contribution < 1.29 is 4.79 Å². The predicted molar refractivity (Wildman–Crippen MR) is 72.6 cm³/mol. The highest BCUT2D eigenvalue weighted by Crippen LogP contribution is 2.34. The van der Waals surface area contributed by atoms with E-state index in [4.69, 9.17) is 0 Å². The van der Waals surface area contributed by atoms with Crippen LogP contribution >= 0.6 is 0 Å². The maximum atomic E-state index is 12.1. The maximum Gasteiger partial charge on any atom is 0.251 e.